The molecule has 0 saturated heterocycles. The predicted molar refractivity (Wildman–Crippen MR) is 193 cm³/mol. The van der Waals surface area contributed by atoms with Crippen LogP contribution in [0.2, 0.25) is 0 Å². The Hall–Kier alpha value is -0.730. The Labute approximate surface area is 272 Å². The van der Waals surface area contributed by atoms with Crippen LogP contribution in [0.15, 0.2) is 0 Å². The number of rotatable bonds is 37. The number of carbonyl (C=O) groups is 1. The Morgan fingerprint density at radius 3 is 0.721 bits per heavy atom. The van der Waals surface area contributed by atoms with E-state index < -0.39 is 6.09 Å². The van der Waals surface area contributed by atoms with Gasteiger partial charge >= 0.3 is 6.09 Å². The molecule has 0 spiro atoms. The van der Waals surface area contributed by atoms with Gasteiger partial charge in [0.1, 0.15) is 0 Å². The molecule has 258 valence electrons. The van der Waals surface area contributed by atoms with Crippen molar-refractivity contribution in [2.75, 3.05) is 13.1 Å². The molecule has 0 heterocycles. The maximum absolute atomic E-state index is 11.2. The molecule has 1 amide bonds. The average Bonchev–Trinajstić information content (AvgIpc) is 3.00. The van der Waals surface area contributed by atoms with Crippen LogP contribution in [0.25, 0.3) is 0 Å². The van der Waals surface area contributed by atoms with Crippen molar-refractivity contribution in [2.45, 2.75) is 239 Å². The van der Waals surface area contributed by atoms with Crippen LogP contribution >= 0.6 is 0 Å². The largest absolute Gasteiger partial charge is 0.465 e. The SMILES string of the molecule is CCCCCCCCCCCCCCCCCCCCCCCCCCCCCCCCCCCN(CCCC)C(=O)O. The molecule has 0 fully saturated rings. The van der Waals surface area contributed by atoms with Gasteiger partial charge in [0.05, 0.1) is 0 Å². The zero-order valence-electron chi connectivity index (χ0n) is 30.0. The van der Waals surface area contributed by atoms with Crippen molar-refractivity contribution in [2.24, 2.45) is 0 Å². The van der Waals surface area contributed by atoms with E-state index in [1.807, 2.05) is 0 Å². The maximum Gasteiger partial charge on any atom is 0.407 e. The highest BCUT2D eigenvalue weighted by molar-refractivity contribution is 5.64. The quantitative estimate of drug-likeness (QED) is 0.0714. The van der Waals surface area contributed by atoms with Crippen LogP contribution in [-0.2, 0) is 0 Å². The number of amides is 1. The van der Waals surface area contributed by atoms with Crippen molar-refractivity contribution in [3.63, 3.8) is 0 Å². The van der Waals surface area contributed by atoms with Gasteiger partial charge in [-0.05, 0) is 12.8 Å². The lowest BCUT2D eigenvalue weighted by atomic mass is 10.0. The summed E-state index contributed by atoms with van der Waals surface area (Å²) in [5.74, 6) is 0. The molecule has 0 rings (SSSR count). The molecule has 0 atom stereocenters. The molecule has 0 aromatic heterocycles. The molecule has 0 aromatic carbocycles. The van der Waals surface area contributed by atoms with Crippen molar-refractivity contribution in [3.05, 3.63) is 0 Å². The maximum atomic E-state index is 11.2. The van der Waals surface area contributed by atoms with E-state index in [4.69, 9.17) is 0 Å². The second kappa shape index (κ2) is 37.5. The van der Waals surface area contributed by atoms with Crippen molar-refractivity contribution < 1.29 is 9.90 Å². The molecule has 3 nitrogen and oxygen atoms in total. The third-order valence-electron chi connectivity index (χ3n) is 9.58. The van der Waals surface area contributed by atoms with Gasteiger partial charge in [0, 0.05) is 13.1 Å². The van der Waals surface area contributed by atoms with Gasteiger partial charge in [-0.2, -0.15) is 0 Å². The lowest BCUT2D eigenvalue weighted by molar-refractivity contribution is 0.143. The van der Waals surface area contributed by atoms with Crippen molar-refractivity contribution in [1.29, 1.82) is 0 Å². The van der Waals surface area contributed by atoms with Gasteiger partial charge < -0.3 is 10.0 Å². The lowest BCUT2D eigenvalue weighted by Gasteiger charge is -2.18. The first-order valence-corrected chi connectivity index (χ1v) is 20.2. The van der Waals surface area contributed by atoms with Gasteiger partial charge in [-0.15, -0.1) is 0 Å². The van der Waals surface area contributed by atoms with Crippen molar-refractivity contribution >= 4 is 6.09 Å². The minimum Gasteiger partial charge on any atom is -0.465 e. The third-order valence-corrected chi connectivity index (χ3v) is 9.58. The Balaban J connectivity index is 3.13. The van der Waals surface area contributed by atoms with E-state index in [1.54, 1.807) is 4.90 Å². The first kappa shape index (κ1) is 42.3. The van der Waals surface area contributed by atoms with Gasteiger partial charge in [0.2, 0.25) is 0 Å². The number of hydrogen-bond acceptors (Lipinski definition) is 1. The first-order valence-electron chi connectivity index (χ1n) is 20.2. The van der Waals surface area contributed by atoms with E-state index in [0.29, 0.717) is 6.54 Å². The highest BCUT2D eigenvalue weighted by Crippen LogP contribution is 2.17. The monoisotopic (exact) mass is 608 g/mol. The molecule has 0 aliphatic rings. The van der Waals surface area contributed by atoms with Gasteiger partial charge in [0.15, 0.2) is 0 Å². The smallest absolute Gasteiger partial charge is 0.407 e. The zero-order valence-corrected chi connectivity index (χ0v) is 30.0. The summed E-state index contributed by atoms with van der Waals surface area (Å²) in [6.45, 7) is 5.84. The number of hydrogen-bond donors (Lipinski definition) is 1. The molecule has 0 unspecified atom stereocenters. The first-order chi connectivity index (χ1) is 21.2. The zero-order chi connectivity index (χ0) is 31.3. The summed E-state index contributed by atoms with van der Waals surface area (Å²) in [6, 6.07) is 0. The van der Waals surface area contributed by atoms with Crippen LogP contribution in [0.5, 0.6) is 0 Å². The third kappa shape index (κ3) is 35.6. The lowest BCUT2D eigenvalue weighted by Crippen LogP contribution is -2.31. The van der Waals surface area contributed by atoms with E-state index >= 15 is 0 Å². The molecular formula is C40H81NO2. The molecule has 0 bridgehead atoms. The summed E-state index contributed by atoms with van der Waals surface area (Å²) < 4.78 is 0. The Kier molecular flexibility index (Phi) is 36.8. The summed E-state index contributed by atoms with van der Waals surface area (Å²) in [7, 11) is 0. The molecule has 1 N–H and O–H groups in total. The number of unbranched alkanes of at least 4 members (excludes halogenated alkanes) is 33. The molecule has 0 aliphatic carbocycles. The predicted octanol–water partition coefficient (Wildman–Crippen LogP) is 14.7. The van der Waals surface area contributed by atoms with E-state index in [2.05, 4.69) is 13.8 Å². The molecule has 3 heteroatoms. The summed E-state index contributed by atoms with van der Waals surface area (Å²) in [5, 5.41) is 9.24. The Bertz CT molecular complexity index is 523. The van der Waals surface area contributed by atoms with Crippen molar-refractivity contribution in [1.82, 2.24) is 4.90 Å². The fourth-order valence-corrected chi connectivity index (χ4v) is 6.51. The normalized spacial score (nSPS) is 11.4. The van der Waals surface area contributed by atoms with Crippen LogP contribution < -0.4 is 0 Å². The highest BCUT2D eigenvalue weighted by atomic mass is 16.4. The van der Waals surface area contributed by atoms with Crippen LogP contribution in [-0.4, -0.2) is 29.2 Å². The minimum atomic E-state index is -0.746. The molecule has 0 aliphatic heterocycles. The van der Waals surface area contributed by atoms with E-state index in [1.165, 1.54) is 205 Å². The van der Waals surface area contributed by atoms with Crippen molar-refractivity contribution in [3.8, 4) is 0 Å². The highest BCUT2D eigenvalue weighted by Gasteiger charge is 2.09. The van der Waals surface area contributed by atoms with Gasteiger partial charge in [-0.1, -0.05) is 226 Å². The van der Waals surface area contributed by atoms with Crippen LogP contribution in [0.4, 0.5) is 4.79 Å². The van der Waals surface area contributed by atoms with Crippen LogP contribution in [0.3, 0.4) is 0 Å². The molecule has 0 radical (unpaired) electrons. The van der Waals surface area contributed by atoms with Crippen LogP contribution in [0, 0.1) is 0 Å². The van der Waals surface area contributed by atoms with E-state index in [-0.39, 0.29) is 0 Å². The number of nitrogens with zero attached hydrogens (tertiary/aromatic N) is 1. The average molecular weight is 608 g/mol. The van der Waals surface area contributed by atoms with Crippen LogP contribution in [0.1, 0.15) is 239 Å². The summed E-state index contributed by atoms with van der Waals surface area (Å²) >= 11 is 0. The Morgan fingerprint density at radius 2 is 0.512 bits per heavy atom. The second-order valence-corrected chi connectivity index (χ2v) is 13.9. The summed E-state index contributed by atoms with van der Waals surface area (Å²) in [5.41, 5.74) is 0. The topological polar surface area (TPSA) is 40.5 Å². The van der Waals surface area contributed by atoms with Gasteiger partial charge in [-0.3, -0.25) is 0 Å². The van der Waals surface area contributed by atoms with E-state index in [9.17, 15) is 9.90 Å². The minimum absolute atomic E-state index is 0.700. The molecule has 43 heavy (non-hydrogen) atoms. The summed E-state index contributed by atoms with van der Waals surface area (Å²) in [4.78, 5) is 12.8. The van der Waals surface area contributed by atoms with Gasteiger partial charge in [0.25, 0.3) is 0 Å². The van der Waals surface area contributed by atoms with E-state index in [0.717, 1.165) is 25.8 Å². The van der Waals surface area contributed by atoms with Gasteiger partial charge in [-0.25, -0.2) is 4.79 Å². The fraction of sp³-hybridized carbons (Fsp3) is 0.975. The standard InChI is InChI=1S/C40H81NO2/c1-3-5-7-8-9-10-11-12-13-14-15-16-17-18-19-20-21-22-23-24-25-26-27-28-29-30-31-32-33-34-35-36-37-39-41(40(42)43)38-6-4-2/h3-39H2,1-2H3,(H,42,43). The molecule has 0 aromatic rings. The molecular weight excluding hydrogens is 526 g/mol. The second-order valence-electron chi connectivity index (χ2n) is 13.9. The fourth-order valence-electron chi connectivity index (χ4n) is 6.51. The Morgan fingerprint density at radius 1 is 0.326 bits per heavy atom. The summed E-state index contributed by atoms with van der Waals surface area (Å²) in [6.07, 6.45) is 48.2. The molecule has 0 saturated carbocycles. The number of carboxylic acid groups (broad SMARTS) is 1.